The van der Waals surface area contributed by atoms with E-state index in [0.29, 0.717) is 6.42 Å². The molecule has 2 nitrogen and oxygen atoms in total. The highest BCUT2D eigenvalue weighted by atomic mass is 32.1. The fraction of sp³-hybridized carbons (Fsp3) is 0.714. The number of carbonyl (C=O) groups excluding carboxylic acids is 1. The second kappa shape index (κ2) is 7.59. The lowest BCUT2D eigenvalue weighted by Crippen LogP contribution is -1.98. The molecule has 96 valence electrons. The van der Waals surface area contributed by atoms with Gasteiger partial charge >= 0.3 is 0 Å². The summed E-state index contributed by atoms with van der Waals surface area (Å²) in [7, 11) is 0. The van der Waals surface area contributed by atoms with Crippen LogP contribution in [0.1, 0.15) is 72.2 Å². The van der Waals surface area contributed by atoms with Gasteiger partial charge in [0.05, 0.1) is 15.6 Å². The highest BCUT2D eigenvalue weighted by Gasteiger charge is 2.12. The van der Waals surface area contributed by atoms with Crippen molar-refractivity contribution >= 4 is 17.1 Å². The molecular formula is C14H23NOS. The molecule has 0 fully saturated rings. The first-order valence-corrected chi connectivity index (χ1v) is 7.44. The van der Waals surface area contributed by atoms with Gasteiger partial charge in [0.2, 0.25) is 0 Å². The predicted octanol–water partition coefficient (Wildman–Crippen LogP) is 4.69. The summed E-state index contributed by atoms with van der Waals surface area (Å²) in [5.74, 6) is 0.281. The van der Waals surface area contributed by atoms with Gasteiger partial charge in [-0.1, -0.05) is 39.0 Å². The molecule has 0 N–H and O–H groups in total. The van der Waals surface area contributed by atoms with E-state index in [1.54, 1.807) is 0 Å². The Morgan fingerprint density at radius 2 is 1.76 bits per heavy atom. The van der Waals surface area contributed by atoms with Crippen LogP contribution < -0.4 is 0 Å². The summed E-state index contributed by atoms with van der Waals surface area (Å²) in [6, 6.07) is 0. The number of carbonyl (C=O) groups is 1. The smallest absolute Gasteiger partial charge is 0.174 e. The first-order valence-electron chi connectivity index (χ1n) is 6.62. The van der Waals surface area contributed by atoms with E-state index in [1.165, 1.54) is 43.4 Å². The molecule has 17 heavy (non-hydrogen) atoms. The quantitative estimate of drug-likeness (QED) is 0.497. The van der Waals surface area contributed by atoms with Gasteiger partial charge in [-0.2, -0.15) is 0 Å². The first-order chi connectivity index (χ1) is 8.15. The largest absolute Gasteiger partial charge is 0.293 e. The van der Waals surface area contributed by atoms with Gasteiger partial charge in [0, 0.05) is 6.42 Å². The van der Waals surface area contributed by atoms with Gasteiger partial charge in [-0.05, 0) is 20.3 Å². The maximum absolute atomic E-state index is 11.9. The molecular weight excluding hydrogens is 230 g/mol. The molecule has 0 saturated heterocycles. The lowest BCUT2D eigenvalue weighted by Gasteiger charge is -2.00. The van der Waals surface area contributed by atoms with Crippen LogP contribution in [0, 0.1) is 13.8 Å². The Bertz CT molecular complexity index is 357. The maximum atomic E-state index is 11.9. The Hall–Kier alpha value is -0.700. The van der Waals surface area contributed by atoms with Gasteiger partial charge in [0.15, 0.2) is 5.78 Å². The zero-order chi connectivity index (χ0) is 12.7. The minimum atomic E-state index is 0.281. The molecule has 0 aromatic carbocycles. The molecule has 0 aliphatic carbocycles. The number of rotatable bonds is 8. The van der Waals surface area contributed by atoms with Crippen LogP contribution in [-0.4, -0.2) is 10.8 Å². The molecule has 1 aromatic heterocycles. The normalized spacial score (nSPS) is 10.8. The number of hydrogen-bond acceptors (Lipinski definition) is 3. The highest BCUT2D eigenvalue weighted by Crippen LogP contribution is 2.20. The van der Waals surface area contributed by atoms with Gasteiger partial charge in [-0.25, -0.2) is 4.98 Å². The zero-order valence-corrected chi connectivity index (χ0v) is 12.0. The van der Waals surface area contributed by atoms with E-state index in [9.17, 15) is 4.79 Å². The van der Waals surface area contributed by atoms with E-state index in [4.69, 9.17) is 0 Å². The van der Waals surface area contributed by atoms with Crippen molar-refractivity contribution in [1.82, 2.24) is 4.98 Å². The first kappa shape index (κ1) is 14.4. The van der Waals surface area contributed by atoms with Gasteiger partial charge in [0.25, 0.3) is 0 Å². The van der Waals surface area contributed by atoms with Gasteiger partial charge in [-0.3, -0.25) is 4.79 Å². The van der Waals surface area contributed by atoms with Crippen LogP contribution in [0.4, 0.5) is 0 Å². The van der Waals surface area contributed by atoms with Gasteiger partial charge in [-0.15, -0.1) is 11.3 Å². The van der Waals surface area contributed by atoms with E-state index in [2.05, 4.69) is 11.9 Å². The van der Waals surface area contributed by atoms with E-state index < -0.39 is 0 Å². The van der Waals surface area contributed by atoms with Crippen molar-refractivity contribution in [1.29, 1.82) is 0 Å². The Morgan fingerprint density at radius 3 is 2.35 bits per heavy atom. The molecule has 1 heterocycles. The minimum absolute atomic E-state index is 0.281. The van der Waals surface area contributed by atoms with Crippen LogP contribution in [0.25, 0.3) is 0 Å². The van der Waals surface area contributed by atoms with Crippen molar-refractivity contribution in [2.45, 2.75) is 65.7 Å². The number of nitrogens with zero attached hydrogens (tertiary/aromatic N) is 1. The molecule has 0 spiro atoms. The molecule has 0 atom stereocenters. The molecule has 0 aliphatic heterocycles. The molecule has 0 amide bonds. The fourth-order valence-corrected chi connectivity index (χ4v) is 2.86. The number of Topliss-reactive ketones (excluding diaryl/α,β-unsaturated/α-hetero) is 1. The third-order valence-electron chi connectivity index (χ3n) is 2.91. The summed E-state index contributed by atoms with van der Waals surface area (Å²) in [5.41, 5.74) is 0.906. The summed E-state index contributed by atoms with van der Waals surface area (Å²) in [4.78, 5) is 17.1. The van der Waals surface area contributed by atoms with E-state index >= 15 is 0 Å². The predicted molar refractivity (Wildman–Crippen MR) is 73.9 cm³/mol. The Balaban J connectivity index is 2.23. The standard InChI is InChI=1S/C14H23NOS/c1-4-5-6-7-8-9-10-13(16)14-11(2)15-12(3)17-14/h4-10H2,1-3H3. The third kappa shape index (κ3) is 4.99. The summed E-state index contributed by atoms with van der Waals surface area (Å²) in [6.45, 7) is 6.11. The summed E-state index contributed by atoms with van der Waals surface area (Å²) in [5, 5.41) is 0.994. The molecule has 0 aliphatic rings. The van der Waals surface area contributed by atoms with Crippen LogP contribution in [0.2, 0.25) is 0 Å². The average molecular weight is 253 g/mol. The molecule has 0 saturated carbocycles. The van der Waals surface area contributed by atoms with Crippen LogP contribution >= 0.6 is 11.3 Å². The van der Waals surface area contributed by atoms with Gasteiger partial charge < -0.3 is 0 Å². The Morgan fingerprint density at radius 1 is 1.12 bits per heavy atom. The summed E-state index contributed by atoms with van der Waals surface area (Å²) in [6.07, 6.45) is 8.07. The molecule has 1 aromatic rings. The number of ketones is 1. The second-order valence-electron chi connectivity index (χ2n) is 4.59. The molecule has 0 unspecified atom stereocenters. The SMILES string of the molecule is CCCCCCCCC(=O)c1sc(C)nc1C. The molecule has 1 rings (SSSR count). The second-order valence-corrected chi connectivity index (χ2v) is 5.79. The van der Waals surface area contributed by atoms with Gasteiger partial charge in [0.1, 0.15) is 0 Å². The minimum Gasteiger partial charge on any atom is -0.293 e. The van der Waals surface area contributed by atoms with Crippen LogP contribution in [0.3, 0.4) is 0 Å². The maximum Gasteiger partial charge on any atom is 0.174 e. The van der Waals surface area contributed by atoms with Crippen molar-refractivity contribution in [2.24, 2.45) is 0 Å². The van der Waals surface area contributed by atoms with Crippen molar-refractivity contribution in [3.05, 3.63) is 15.6 Å². The van der Waals surface area contributed by atoms with E-state index in [1.807, 2.05) is 13.8 Å². The molecule has 0 radical (unpaired) electrons. The topological polar surface area (TPSA) is 30.0 Å². The highest BCUT2D eigenvalue weighted by molar-refractivity contribution is 7.13. The van der Waals surface area contributed by atoms with Crippen molar-refractivity contribution in [2.75, 3.05) is 0 Å². The Kier molecular flexibility index (Phi) is 6.41. The summed E-state index contributed by atoms with van der Waals surface area (Å²) < 4.78 is 0. The lowest BCUT2D eigenvalue weighted by molar-refractivity contribution is 0.0982. The molecule has 0 bridgehead atoms. The van der Waals surface area contributed by atoms with Crippen LogP contribution in [0.5, 0.6) is 0 Å². The van der Waals surface area contributed by atoms with Crippen molar-refractivity contribution < 1.29 is 4.79 Å². The molecule has 3 heteroatoms. The number of unbranched alkanes of at least 4 members (excludes halogenated alkanes) is 5. The Labute approximate surface area is 108 Å². The zero-order valence-electron chi connectivity index (χ0n) is 11.2. The van der Waals surface area contributed by atoms with Crippen LogP contribution in [0.15, 0.2) is 0 Å². The van der Waals surface area contributed by atoms with Crippen molar-refractivity contribution in [3.8, 4) is 0 Å². The number of aryl methyl sites for hydroxylation is 2. The van der Waals surface area contributed by atoms with E-state index in [0.717, 1.165) is 22.0 Å². The van der Waals surface area contributed by atoms with Crippen molar-refractivity contribution in [3.63, 3.8) is 0 Å². The monoisotopic (exact) mass is 253 g/mol. The average Bonchev–Trinajstić information content (AvgIpc) is 2.62. The van der Waals surface area contributed by atoms with Crippen LogP contribution in [-0.2, 0) is 0 Å². The lowest BCUT2D eigenvalue weighted by atomic mass is 10.1. The van der Waals surface area contributed by atoms with E-state index in [-0.39, 0.29) is 5.78 Å². The fourth-order valence-electron chi connectivity index (χ4n) is 1.97. The number of thiazole rings is 1. The third-order valence-corrected chi connectivity index (χ3v) is 4.03. The summed E-state index contributed by atoms with van der Waals surface area (Å²) >= 11 is 1.53. The number of aromatic nitrogens is 1. The number of hydrogen-bond donors (Lipinski definition) is 0.